The van der Waals surface area contributed by atoms with Crippen LogP contribution in [-0.4, -0.2) is 5.25 Å². The number of thiol groups is 1. The van der Waals surface area contributed by atoms with Gasteiger partial charge >= 0.3 is 0 Å². The van der Waals surface area contributed by atoms with Gasteiger partial charge in [-0.15, -0.1) is 0 Å². The van der Waals surface area contributed by atoms with E-state index < -0.39 is 0 Å². The molecule has 1 unspecified atom stereocenters. The minimum absolute atomic E-state index is 0.582. The Morgan fingerprint density at radius 3 is 2.71 bits per heavy atom. The molecule has 1 heteroatoms. The molecule has 0 spiro atoms. The van der Waals surface area contributed by atoms with Gasteiger partial charge in [0.25, 0.3) is 0 Å². The van der Waals surface area contributed by atoms with Gasteiger partial charge in [-0.3, -0.25) is 0 Å². The van der Waals surface area contributed by atoms with Gasteiger partial charge in [-0.05, 0) is 42.9 Å². The van der Waals surface area contributed by atoms with E-state index in [0.717, 1.165) is 6.42 Å². The van der Waals surface area contributed by atoms with Gasteiger partial charge in [-0.2, -0.15) is 12.6 Å². The van der Waals surface area contributed by atoms with Crippen molar-refractivity contribution in [2.45, 2.75) is 45.3 Å². The van der Waals surface area contributed by atoms with Gasteiger partial charge in [0.1, 0.15) is 0 Å². The molecule has 0 radical (unpaired) electrons. The molecule has 0 bridgehead atoms. The van der Waals surface area contributed by atoms with Gasteiger partial charge < -0.3 is 0 Å². The highest BCUT2D eigenvalue weighted by atomic mass is 32.1. The van der Waals surface area contributed by atoms with Crippen LogP contribution in [0.2, 0.25) is 0 Å². The average molecular weight is 208 g/mol. The van der Waals surface area contributed by atoms with Gasteiger partial charge in [-0.1, -0.05) is 32.0 Å². The SMILES string of the molecule is CC.Cc1cccc2c1CC(S)CC2. The highest BCUT2D eigenvalue weighted by molar-refractivity contribution is 7.80. The number of benzene rings is 1. The van der Waals surface area contributed by atoms with E-state index >= 15 is 0 Å². The van der Waals surface area contributed by atoms with Crippen molar-refractivity contribution in [1.82, 2.24) is 0 Å². The Balaban J connectivity index is 0.000000461. The third-order valence-electron chi connectivity index (χ3n) is 2.69. The molecular weight excluding hydrogens is 188 g/mol. The fourth-order valence-electron chi connectivity index (χ4n) is 1.95. The maximum atomic E-state index is 4.53. The Labute approximate surface area is 93.1 Å². The summed E-state index contributed by atoms with van der Waals surface area (Å²) in [7, 11) is 0. The molecular formula is C13H20S. The van der Waals surface area contributed by atoms with E-state index in [0.29, 0.717) is 5.25 Å². The number of fused-ring (bicyclic) bond motifs is 1. The van der Waals surface area contributed by atoms with Crippen LogP contribution in [0.4, 0.5) is 0 Å². The van der Waals surface area contributed by atoms with Crippen molar-refractivity contribution in [2.75, 3.05) is 0 Å². The van der Waals surface area contributed by atoms with Crippen LogP contribution in [0.5, 0.6) is 0 Å². The Hall–Kier alpha value is -0.430. The molecule has 0 fully saturated rings. The van der Waals surface area contributed by atoms with Crippen LogP contribution >= 0.6 is 12.6 Å². The van der Waals surface area contributed by atoms with Crippen LogP contribution in [0.1, 0.15) is 37.0 Å². The van der Waals surface area contributed by atoms with E-state index in [-0.39, 0.29) is 0 Å². The lowest BCUT2D eigenvalue weighted by Gasteiger charge is -2.22. The fraction of sp³-hybridized carbons (Fsp3) is 0.538. The molecule has 14 heavy (non-hydrogen) atoms. The van der Waals surface area contributed by atoms with E-state index in [2.05, 4.69) is 37.8 Å². The third kappa shape index (κ3) is 2.54. The normalized spacial score (nSPS) is 19.3. The molecule has 0 saturated carbocycles. The Bertz CT molecular complexity index is 291. The van der Waals surface area contributed by atoms with Crippen LogP contribution in [0.25, 0.3) is 0 Å². The third-order valence-corrected chi connectivity index (χ3v) is 3.13. The monoisotopic (exact) mass is 208 g/mol. The van der Waals surface area contributed by atoms with Crippen LogP contribution in [-0.2, 0) is 12.8 Å². The zero-order valence-electron chi connectivity index (χ0n) is 9.38. The van der Waals surface area contributed by atoms with E-state index in [4.69, 9.17) is 0 Å². The van der Waals surface area contributed by atoms with Gasteiger partial charge in [-0.25, -0.2) is 0 Å². The lowest BCUT2D eigenvalue weighted by molar-refractivity contribution is 0.702. The van der Waals surface area contributed by atoms with Crippen molar-refractivity contribution in [1.29, 1.82) is 0 Å². The summed E-state index contributed by atoms with van der Waals surface area (Å²) in [4.78, 5) is 0. The van der Waals surface area contributed by atoms with Gasteiger partial charge in [0.05, 0.1) is 0 Å². The molecule has 2 rings (SSSR count). The summed E-state index contributed by atoms with van der Waals surface area (Å²) in [5.41, 5.74) is 4.52. The standard InChI is InChI=1S/C11H14S.C2H6/c1-8-3-2-4-9-5-6-10(12)7-11(8)9;1-2/h2-4,10,12H,5-7H2,1H3;1-2H3. The first-order valence-electron chi connectivity index (χ1n) is 5.53. The first-order valence-corrected chi connectivity index (χ1v) is 6.04. The van der Waals surface area contributed by atoms with Crippen LogP contribution in [0, 0.1) is 6.92 Å². The van der Waals surface area contributed by atoms with Crippen molar-refractivity contribution in [3.05, 3.63) is 34.9 Å². The quantitative estimate of drug-likeness (QED) is 0.616. The largest absolute Gasteiger partial charge is 0.176 e. The van der Waals surface area contributed by atoms with Crippen molar-refractivity contribution in [3.8, 4) is 0 Å². The summed E-state index contributed by atoms with van der Waals surface area (Å²) in [6.45, 7) is 6.20. The summed E-state index contributed by atoms with van der Waals surface area (Å²) in [5.74, 6) is 0. The highest BCUT2D eigenvalue weighted by Gasteiger charge is 2.16. The first kappa shape index (κ1) is 11.6. The summed E-state index contributed by atoms with van der Waals surface area (Å²) in [5, 5.41) is 0.582. The molecule has 0 amide bonds. The van der Waals surface area contributed by atoms with E-state index in [1.165, 1.54) is 18.4 Å². The zero-order chi connectivity index (χ0) is 10.6. The van der Waals surface area contributed by atoms with E-state index in [9.17, 15) is 0 Å². The predicted molar refractivity (Wildman–Crippen MR) is 67.3 cm³/mol. The predicted octanol–water partition coefficient (Wildman–Crippen LogP) is 3.81. The second kappa shape index (κ2) is 5.45. The fourth-order valence-corrected chi connectivity index (χ4v) is 2.26. The highest BCUT2D eigenvalue weighted by Crippen LogP contribution is 2.26. The number of hydrogen-bond donors (Lipinski definition) is 1. The molecule has 1 aromatic carbocycles. The molecule has 1 aliphatic rings. The minimum Gasteiger partial charge on any atom is -0.176 e. The topological polar surface area (TPSA) is 0 Å². The second-order valence-corrected chi connectivity index (χ2v) is 4.34. The molecule has 1 atom stereocenters. The molecule has 0 nitrogen and oxygen atoms in total. The lowest BCUT2D eigenvalue weighted by Crippen LogP contribution is -2.14. The van der Waals surface area contributed by atoms with Crippen molar-refractivity contribution in [2.24, 2.45) is 0 Å². The number of aryl methyl sites for hydroxylation is 2. The molecule has 0 saturated heterocycles. The molecule has 0 heterocycles. The van der Waals surface area contributed by atoms with Crippen LogP contribution in [0.15, 0.2) is 18.2 Å². The Morgan fingerprint density at radius 1 is 1.29 bits per heavy atom. The molecule has 0 aliphatic heterocycles. The van der Waals surface area contributed by atoms with Crippen LogP contribution < -0.4 is 0 Å². The lowest BCUT2D eigenvalue weighted by atomic mass is 9.88. The number of rotatable bonds is 0. The van der Waals surface area contributed by atoms with E-state index in [1.807, 2.05) is 13.8 Å². The summed E-state index contributed by atoms with van der Waals surface area (Å²) in [6.07, 6.45) is 3.61. The second-order valence-electron chi connectivity index (χ2n) is 3.61. The van der Waals surface area contributed by atoms with Crippen molar-refractivity contribution in [3.63, 3.8) is 0 Å². The van der Waals surface area contributed by atoms with Gasteiger partial charge in [0, 0.05) is 5.25 Å². The average Bonchev–Trinajstić information content (AvgIpc) is 2.22. The summed E-state index contributed by atoms with van der Waals surface area (Å²) < 4.78 is 0. The maximum Gasteiger partial charge on any atom is 0.00605 e. The number of hydrogen-bond acceptors (Lipinski definition) is 1. The van der Waals surface area contributed by atoms with Gasteiger partial charge in [0.15, 0.2) is 0 Å². The summed E-state index contributed by atoms with van der Waals surface area (Å²) >= 11 is 4.53. The molecule has 1 aromatic rings. The Kier molecular flexibility index (Phi) is 4.53. The smallest absolute Gasteiger partial charge is 0.00605 e. The first-order chi connectivity index (χ1) is 6.77. The minimum atomic E-state index is 0.582. The maximum absolute atomic E-state index is 4.53. The zero-order valence-corrected chi connectivity index (χ0v) is 10.3. The van der Waals surface area contributed by atoms with Crippen molar-refractivity contribution >= 4 is 12.6 Å². The molecule has 0 N–H and O–H groups in total. The summed E-state index contributed by atoms with van der Waals surface area (Å²) in [6, 6.07) is 6.61. The van der Waals surface area contributed by atoms with Crippen molar-refractivity contribution < 1.29 is 0 Å². The Morgan fingerprint density at radius 2 is 2.00 bits per heavy atom. The van der Waals surface area contributed by atoms with E-state index in [1.54, 1.807) is 11.1 Å². The van der Waals surface area contributed by atoms with Crippen LogP contribution in [0.3, 0.4) is 0 Å². The molecule has 78 valence electrons. The van der Waals surface area contributed by atoms with Gasteiger partial charge in [0.2, 0.25) is 0 Å². The molecule has 0 aromatic heterocycles. The molecule has 1 aliphatic carbocycles.